The van der Waals surface area contributed by atoms with Crippen LogP contribution in [-0.4, -0.2) is 45.4 Å². The fourth-order valence-electron chi connectivity index (χ4n) is 2.46. The highest BCUT2D eigenvalue weighted by atomic mass is 16.5. The predicted octanol–water partition coefficient (Wildman–Crippen LogP) is 1.12. The molecule has 1 aromatic rings. The van der Waals surface area contributed by atoms with Gasteiger partial charge < -0.3 is 20.1 Å². The van der Waals surface area contributed by atoms with E-state index in [0.29, 0.717) is 25.7 Å². The van der Waals surface area contributed by atoms with Gasteiger partial charge in [-0.15, -0.1) is 0 Å². The van der Waals surface area contributed by atoms with E-state index in [0.717, 1.165) is 37.2 Å². The van der Waals surface area contributed by atoms with Crippen molar-refractivity contribution in [3.05, 3.63) is 29.8 Å². The summed E-state index contributed by atoms with van der Waals surface area (Å²) in [6.07, 6.45) is 2.76. The molecule has 0 bridgehead atoms. The van der Waals surface area contributed by atoms with E-state index >= 15 is 0 Å². The molecule has 21 heavy (non-hydrogen) atoms. The number of benzene rings is 1. The van der Waals surface area contributed by atoms with Crippen LogP contribution in [0.3, 0.4) is 0 Å². The molecular weight excluding hydrogens is 268 g/mol. The maximum atomic E-state index is 11.9. The van der Waals surface area contributed by atoms with Gasteiger partial charge in [-0.05, 0) is 32.0 Å². The minimum atomic E-state index is -0.00610. The molecule has 0 unspecified atom stereocenters. The van der Waals surface area contributed by atoms with E-state index < -0.39 is 0 Å². The summed E-state index contributed by atoms with van der Waals surface area (Å²) in [5.41, 5.74) is 0.900. The molecule has 1 aromatic carbocycles. The second-order valence-electron chi connectivity index (χ2n) is 5.16. The van der Waals surface area contributed by atoms with Gasteiger partial charge in [-0.3, -0.25) is 4.79 Å². The van der Waals surface area contributed by atoms with Crippen LogP contribution < -0.4 is 15.4 Å². The summed E-state index contributed by atoms with van der Waals surface area (Å²) in [6.45, 7) is 3.16. The lowest BCUT2D eigenvalue weighted by Gasteiger charge is -2.22. The molecule has 2 rings (SSSR count). The lowest BCUT2D eigenvalue weighted by molar-refractivity contribution is -0.120. The molecule has 1 aliphatic heterocycles. The lowest BCUT2D eigenvalue weighted by atomic mass is 10.1. The molecule has 0 spiro atoms. The lowest BCUT2D eigenvalue weighted by Crippen LogP contribution is -2.35. The standard InChI is InChI=1S/C16H24N2O3/c1-20-15-5-3-2-4-13(15)12-16(19)18-10-11-21-14-6-8-17-9-7-14/h2-5,14,17H,6-12H2,1H3,(H,18,19). The van der Waals surface area contributed by atoms with Gasteiger partial charge in [0.25, 0.3) is 0 Å². The van der Waals surface area contributed by atoms with Gasteiger partial charge in [-0.25, -0.2) is 0 Å². The van der Waals surface area contributed by atoms with E-state index in [1.165, 1.54) is 0 Å². The van der Waals surface area contributed by atoms with Crippen molar-refractivity contribution in [1.82, 2.24) is 10.6 Å². The first-order valence-corrected chi connectivity index (χ1v) is 7.50. The molecule has 0 aliphatic carbocycles. The quantitative estimate of drug-likeness (QED) is 0.740. The smallest absolute Gasteiger partial charge is 0.224 e. The molecule has 1 amide bonds. The topological polar surface area (TPSA) is 59.6 Å². The van der Waals surface area contributed by atoms with Crippen molar-refractivity contribution in [1.29, 1.82) is 0 Å². The minimum Gasteiger partial charge on any atom is -0.496 e. The molecule has 5 nitrogen and oxygen atoms in total. The first kappa shape index (κ1) is 15.8. The summed E-state index contributed by atoms with van der Waals surface area (Å²) in [4.78, 5) is 11.9. The van der Waals surface area contributed by atoms with Crippen LogP contribution in [0.5, 0.6) is 5.75 Å². The fraction of sp³-hybridized carbons (Fsp3) is 0.562. The average molecular weight is 292 g/mol. The van der Waals surface area contributed by atoms with Crippen LogP contribution in [0.15, 0.2) is 24.3 Å². The molecule has 2 N–H and O–H groups in total. The highest BCUT2D eigenvalue weighted by Gasteiger charge is 2.13. The van der Waals surface area contributed by atoms with Crippen molar-refractivity contribution in [2.75, 3.05) is 33.4 Å². The highest BCUT2D eigenvalue weighted by Crippen LogP contribution is 2.17. The Labute approximate surface area is 126 Å². The summed E-state index contributed by atoms with van der Waals surface area (Å²) >= 11 is 0. The molecule has 1 fully saturated rings. The monoisotopic (exact) mass is 292 g/mol. The van der Waals surface area contributed by atoms with Crippen molar-refractivity contribution >= 4 is 5.91 Å². The fourth-order valence-corrected chi connectivity index (χ4v) is 2.46. The van der Waals surface area contributed by atoms with Crippen LogP contribution >= 0.6 is 0 Å². The molecule has 116 valence electrons. The molecular formula is C16H24N2O3. The molecule has 1 saturated heterocycles. The van der Waals surface area contributed by atoms with Crippen molar-refractivity contribution < 1.29 is 14.3 Å². The Balaban J connectivity index is 1.65. The molecule has 0 saturated carbocycles. The average Bonchev–Trinajstić information content (AvgIpc) is 2.53. The SMILES string of the molecule is COc1ccccc1CC(=O)NCCOC1CCNCC1. The minimum absolute atomic E-state index is 0.00610. The Morgan fingerprint density at radius 3 is 2.86 bits per heavy atom. The number of carbonyl (C=O) groups excluding carboxylic acids is 1. The second-order valence-corrected chi connectivity index (χ2v) is 5.16. The van der Waals surface area contributed by atoms with E-state index in [1.807, 2.05) is 24.3 Å². The first-order chi connectivity index (χ1) is 10.3. The van der Waals surface area contributed by atoms with Crippen LogP contribution in [0.2, 0.25) is 0 Å². The summed E-state index contributed by atoms with van der Waals surface area (Å²) < 4.78 is 11.0. The molecule has 0 atom stereocenters. The van der Waals surface area contributed by atoms with Crippen molar-refractivity contribution in [3.8, 4) is 5.75 Å². The third kappa shape index (κ3) is 5.36. The Morgan fingerprint density at radius 2 is 2.10 bits per heavy atom. The normalized spacial score (nSPS) is 15.7. The molecule has 1 heterocycles. The number of amides is 1. The van der Waals surface area contributed by atoms with Crippen LogP contribution in [0.25, 0.3) is 0 Å². The second kappa shape index (κ2) is 8.64. The summed E-state index contributed by atoms with van der Waals surface area (Å²) in [6, 6.07) is 7.57. The summed E-state index contributed by atoms with van der Waals surface area (Å²) in [5, 5.41) is 6.19. The summed E-state index contributed by atoms with van der Waals surface area (Å²) in [5.74, 6) is 0.743. The Kier molecular flexibility index (Phi) is 6.50. The third-order valence-electron chi connectivity index (χ3n) is 3.61. The number of ether oxygens (including phenoxy) is 2. The van der Waals surface area contributed by atoms with Gasteiger partial charge >= 0.3 is 0 Å². The summed E-state index contributed by atoms with van der Waals surface area (Å²) in [7, 11) is 1.61. The third-order valence-corrected chi connectivity index (χ3v) is 3.61. The van der Waals surface area contributed by atoms with E-state index in [1.54, 1.807) is 7.11 Å². The number of carbonyl (C=O) groups is 1. The number of para-hydroxylation sites is 1. The Hall–Kier alpha value is -1.59. The van der Waals surface area contributed by atoms with Gasteiger partial charge in [0.2, 0.25) is 5.91 Å². The molecule has 0 aromatic heterocycles. The maximum absolute atomic E-state index is 11.9. The van der Waals surface area contributed by atoms with Crippen molar-refractivity contribution in [2.24, 2.45) is 0 Å². The van der Waals surface area contributed by atoms with Crippen LogP contribution in [0.4, 0.5) is 0 Å². The van der Waals surface area contributed by atoms with E-state index in [2.05, 4.69) is 10.6 Å². The number of piperidine rings is 1. The van der Waals surface area contributed by atoms with Crippen LogP contribution in [-0.2, 0) is 16.0 Å². The van der Waals surface area contributed by atoms with Gasteiger partial charge in [-0.1, -0.05) is 18.2 Å². The molecule has 5 heteroatoms. The van der Waals surface area contributed by atoms with Gasteiger partial charge in [0, 0.05) is 12.1 Å². The van der Waals surface area contributed by atoms with E-state index in [9.17, 15) is 4.79 Å². The predicted molar refractivity (Wildman–Crippen MR) is 81.6 cm³/mol. The first-order valence-electron chi connectivity index (χ1n) is 7.50. The van der Waals surface area contributed by atoms with Gasteiger partial charge in [-0.2, -0.15) is 0 Å². The van der Waals surface area contributed by atoms with Gasteiger partial charge in [0.05, 0.1) is 26.2 Å². The zero-order valence-electron chi connectivity index (χ0n) is 12.6. The van der Waals surface area contributed by atoms with E-state index in [4.69, 9.17) is 9.47 Å². The number of rotatable bonds is 7. The van der Waals surface area contributed by atoms with Crippen molar-refractivity contribution in [2.45, 2.75) is 25.4 Å². The van der Waals surface area contributed by atoms with Crippen molar-refractivity contribution in [3.63, 3.8) is 0 Å². The Bertz CT molecular complexity index is 445. The largest absolute Gasteiger partial charge is 0.496 e. The maximum Gasteiger partial charge on any atom is 0.224 e. The van der Waals surface area contributed by atoms with Gasteiger partial charge in [0.15, 0.2) is 0 Å². The van der Waals surface area contributed by atoms with Crippen LogP contribution in [0.1, 0.15) is 18.4 Å². The zero-order valence-corrected chi connectivity index (χ0v) is 12.6. The highest BCUT2D eigenvalue weighted by molar-refractivity contribution is 5.79. The number of hydrogen-bond donors (Lipinski definition) is 2. The van der Waals surface area contributed by atoms with Crippen LogP contribution in [0, 0.1) is 0 Å². The molecule has 0 radical (unpaired) electrons. The number of methoxy groups -OCH3 is 1. The van der Waals surface area contributed by atoms with E-state index in [-0.39, 0.29) is 5.91 Å². The Morgan fingerprint density at radius 1 is 1.33 bits per heavy atom. The van der Waals surface area contributed by atoms with Gasteiger partial charge in [0.1, 0.15) is 5.75 Å². The number of nitrogens with one attached hydrogen (secondary N) is 2. The molecule has 1 aliphatic rings. The zero-order chi connectivity index (χ0) is 14.9. The number of hydrogen-bond acceptors (Lipinski definition) is 4.